The van der Waals surface area contributed by atoms with Crippen LogP contribution >= 0.6 is 11.3 Å². The third-order valence-corrected chi connectivity index (χ3v) is 5.05. The highest BCUT2D eigenvalue weighted by Crippen LogP contribution is 2.32. The number of amides is 2. The molecule has 2 N–H and O–H groups in total. The van der Waals surface area contributed by atoms with Gasteiger partial charge in [-0.25, -0.2) is 0 Å². The van der Waals surface area contributed by atoms with Crippen LogP contribution in [0, 0.1) is 18.8 Å². The molecule has 2 amide bonds. The van der Waals surface area contributed by atoms with Crippen LogP contribution in [0.5, 0.6) is 0 Å². The summed E-state index contributed by atoms with van der Waals surface area (Å²) in [6.07, 6.45) is 2.96. The molecule has 1 aromatic heterocycles. The van der Waals surface area contributed by atoms with Gasteiger partial charge in [0.25, 0.3) is 5.91 Å². The maximum atomic E-state index is 12.2. The topological polar surface area (TPSA) is 67.4 Å². The Morgan fingerprint density at radius 3 is 2.86 bits per heavy atom. The number of nitrogens with one attached hydrogen (secondary N) is 2. The summed E-state index contributed by atoms with van der Waals surface area (Å²) in [6, 6.07) is 1.87. The zero-order valence-electron chi connectivity index (χ0n) is 12.1. The Hall–Kier alpha value is -1.40. The van der Waals surface area contributed by atoms with Crippen LogP contribution in [0.4, 0.5) is 5.00 Å². The number of hydrogen-bond acceptors (Lipinski definition) is 4. The minimum atomic E-state index is -0.0590. The number of aryl methyl sites for hydroxylation is 1. The van der Waals surface area contributed by atoms with Crippen molar-refractivity contribution in [2.45, 2.75) is 26.2 Å². The van der Waals surface area contributed by atoms with Crippen molar-refractivity contribution in [2.24, 2.45) is 11.8 Å². The normalized spacial score (nSPS) is 21.3. The molecule has 21 heavy (non-hydrogen) atoms. The van der Waals surface area contributed by atoms with Gasteiger partial charge in [-0.15, -0.1) is 11.3 Å². The van der Waals surface area contributed by atoms with Gasteiger partial charge < -0.3 is 15.4 Å². The van der Waals surface area contributed by atoms with Crippen LogP contribution in [0.2, 0.25) is 0 Å². The van der Waals surface area contributed by atoms with E-state index in [-0.39, 0.29) is 17.7 Å². The van der Waals surface area contributed by atoms with Crippen molar-refractivity contribution >= 4 is 28.2 Å². The van der Waals surface area contributed by atoms with Crippen LogP contribution in [-0.4, -0.2) is 31.6 Å². The second kappa shape index (κ2) is 6.15. The number of carbonyl (C=O) groups excluding carboxylic acids is 2. The molecule has 5 nitrogen and oxygen atoms in total. The zero-order chi connectivity index (χ0) is 14.8. The number of ether oxygens (including phenoxy) is 1. The number of hydrogen-bond donors (Lipinski definition) is 2. The van der Waals surface area contributed by atoms with E-state index >= 15 is 0 Å². The summed E-state index contributed by atoms with van der Waals surface area (Å²) in [5.74, 6) is 0.609. The van der Waals surface area contributed by atoms with Crippen molar-refractivity contribution in [3.05, 3.63) is 16.5 Å². The lowest BCUT2D eigenvalue weighted by molar-refractivity contribution is -0.117. The first kappa shape index (κ1) is 14.5. The van der Waals surface area contributed by atoms with Crippen LogP contribution in [0.1, 0.15) is 34.5 Å². The Labute approximate surface area is 128 Å². The molecule has 0 unspecified atom stereocenters. The van der Waals surface area contributed by atoms with Gasteiger partial charge in [-0.1, -0.05) is 0 Å². The molecule has 0 radical (unpaired) electrons. The smallest absolute Gasteiger partial charge is 0.261 e. The third kappa shape index (κ3) is 3.63. The molecule has 1 saturated heterocycles. The molecule has 3 rings (SSSR count). The first-order chi connectivity index (χ1) is 10.1. The van der Waals surface area contributed by atoms with Crippen molar-refractivity contribution in [3.63, 3.8) is 0 Å². The molecule has 1 saturated carbocycles. The fourth-order valence-electron chi connectivity index (χ4n) is 2.40. The second-order valence-electron chi connectivity index (χ2n) is 5.83. The molecule has 114 valence electrons. The first-order valence-corrected chi connectivity index (χ1v) is 8.22. The monoisotopic (exact) mass is 308 g/mol. The fraction of sp³-hybridized carbons (Fsp3) is 0.600. The Morgan fingerprint density at radius 2 is 2.19 bits per heavy atom. The van der Waals surface area contributed by atoms with Gasteiger partial charge in [0, 0.05) is 25.0 Å². The van der Waals surface area contributed by atoms with Crippen LogP contribution < -0.4 is 10.6 Å². The standard InChI is InChI=1S/C15H20N2O3S/c1-9-6-12(17-14(18)11-2-3-11)21-13(9)15(19)16-7-10-4-5-20-8-10/h6,10-11H,2-5,7-8H2,1H3,(H,16,19)(H,17,18)/t10-/m0/s1. The van der Waals surface area contributed by atoms with E-state index in [0.29, 0.717) is 17.3 Å². The molecule has 2 fully saturated rings. The van der Waals surface area contributed by atoms with Crippen molar-refractivity contribution in [3.8, 4) is 0 Å². The highest BCUT2D eigenvalue weighted by atomic mass is 32.1. The van der Waals surface area contributed by atoms with Gasteiger partial charge in [-0.2, -0.15) is 0 Å². The molecule has 1 atom stereocenters. The fourth-order valence-corrected chi connectivity index (χ4v) is 3.39. The Bertz CT molecular complexity index is 545. The second-order valence-corrected chi connectivity index (χ2v) is 6.88. The number of rotatable bonds is 5. The predicted molar refractivity (Wildman–Crippen MR) is 81.7 cm³/mol. The Morgan fingerprint density at radius 1 is 1.38 bits per heavy atom. The minimum Gasteiger partial charge on any atom is -0.381 e. The largest absolute Gasteiger partial charge is 0.381 e. The van der Waals surface area contributed by atoms with Gasteiger partial charge >= 0.3 is 0 Å². The minimum absolute atomic E-state index is 0.0590. The van der Waals surface area contributed by atoms with Gasteiger partial charge in [0.1, 0.15) is 0 Å². The highest BCUT2D eigenvalue weighted by Gasteiger charge is 2.30. The van der Waals surface area contributed by atoms with Crippen LogP contribution in [0.3, 0.4) is 0 Å². The van der Waals surface area contributed by atoms with Crippen molar-refractivity contribution in [1.29, 1.82) is 0 Å². The van der Waals surface area contributed by atoms with Gasteiger partial charge in [-0.05, 0) is 37.8 Å². The maximum absolute atomic E-state index is 12.2. The number of carbonyl (C=O) groups is 2. The van der Waals surface area contributed by atoms with E-state index in [1.165, 1.54) is 11.3 Å². The summed E-state index contributed by atoms with van der Waals surface area (Å²) in [5, 5.41) is 6.62. The summed E-state index contributed by atoms with van der Waals surface area (Å²) in [7, 11) is 0. The lowest BCUT2D eigenvalue weighted by Gasteiger charge is -2.08. The lowest BCUT2D eigenvalue weighted by atomic mass is 10.1. The maximum Gasteiger partial charge on any atom is 0.261 e. The van der Waals surface area contributed by atoms with Crippen LogP contribution in [0.25, 0.3) is 0 Å². The van der Waals surface area contributed by atoms with E-state index < -0.39 is 0 Å². The van der Waals surface area contributed by atoms with E-state index in [1.54, 1.807) is 0 Å². The lowest BCUT2D eigenvalue weighted by Crippen LogP contribution is -2.29. The van der Waals surface area contributed by atoms with Crippen LogP contribution in [0.15, 0.2) is 6.07 Å². The molecule has 1 aromatic rings. The van der Waals surface area contributed by atoms with E-state index in [9.17, 15) is 9.59 Å². The average molecular weight is 308 g/mol. The molecule has 1 aliphatic carbocycles. The quantitative estimate of drug-likeness (QED) is 0.876. The number of thiophene rings is 1. The molecule has 6 heteroatoms. The highest BCUT2D eigenvalue weighted by molar-refractivity contribution is 7.18. The Kier molecular flexibility index (Phi) is 4.26. The average Bonchev–Trinajstić information content (AvgIpc) is 3.06. The SMILES string of the molecule is Cc1cc(NC(=O)C2CC2)sc1C(=O)NC[C@@H]1CCOC1. The van der Waals surface area contributed by atoms with Crippen molar-refractivity contribution in [2.75, 3.05) is 25.1 Å². The summed E-state index contributed by atoms with van der Waals surface area (Å²) >= 11 is 1.35. The number of anilines is 1. The molecule has 1 aliphatic heterocycles. The summed E-state index contributed by atoms with van der Waals surface area (Å²) in [5.41, 5.74) is 0.909. The van der Waals surface area contributed by atoms with Gasteiger partial charge in [0.05, 0.1) is 16.5 Å². The molecular weight excluding hydrogens is 288 g/mol. The van der Waals surface area contributed by atoms with Crippen molar-refractivity contribution in [1.82, 2.24) is 5.32 Å². The van der Waals surface area contributed by atoms with Crippen LogP contribution in [-0.2, 0) is 9.53 Å². The molecule has 0 spiro atoms. The van der Waals surface area contributed by atoms with Crippen molar-refractivity contribution < 1.29 is 14.3 Å². The first-order valence-electron chi connectivity index (χ1n) is 7.40. The van der Waals surface area contributed by atoms with E-state index in [1.807, 2.05) is 13.0 Å². The third-order valence-electron chi connectivity index (χ3n) is 3.89. The van der Waals surface area contributed by atoms with E-state index in [4.69, 9.17) is 4.74 Å². The van der Waals surface area contributed by atoms with Gasteiger partial charge in [-0.3, -0.25) is 9.59 Å². The summed E-state index contributed by atoms with van der Waals surface area (Å²) in [4.78, 5) is 24.6. The molecule has 2 aliphatic rings. The zero-order valence-corrected chi connectivity index (χ0v) is 12.9. The van der Waals surface area contributed by atoms with E-state index in [0.717, 1.165) is 43.0 Å². The summed E-state index contributed by atoms with van der Waals surface area (Å²) in [6.45, 7) is 4.07. The molecule has 0 bridgehead atoms. The Balaban J connectivity index is 1.57. The molecular formula is C15H20N2O3S. The predicted octanol–water partition coefficient (Wildman–Crippen LogP) is 2.17. The van der Waals surface area contributed by atoms with E-state index in [2.05, 4.69) is 10.6 Å². The summed E-state index contributed by atoms with van der Waals surface area (Å²) < 4.78 is 5.30. The molecule has 2 heterocycles. The molecule has 0 aromatic carbocycles. The van der Waals surface area contributed by atoms with Gasteiger partial charge in [0.15, 0.2) is 0 Å². The van der Waals surface area contributed by atoms with Gasteiger partial charge in [0.2, 0.25) is 5.91 Å².